The topological polar surface area (TPSA) is 89.1 Å². The van der Waals surface area contributed by atoms with E-state index in [2.05, 4.69) is 15.3 Å². The van der Waals surface area contributed by atoms with Crippen LogP contribution in [-0.4, -0.2) is 78.4 Å². The monoisotopic (exact) mass is 543 g/mol. The van der Waals surface area contributed by atoms with Crippen LogP contribution in [0.25, 0.3) is 10.9 Å². The molecule has 2 fully saturated rings. The normalized spacial score (nSPS) is 19.7. The average Bonchev–Trinajstić information content (AvgIpc) is 2.95. The second-order valence-electron chi connectivity index (χ2n) is 9.54. The third-order valence-corrected chi connectivity index (χ3v) is 7.46. The van der Waals surface area contributed by atoms with Crippen molar-refractivity contribution in [3.63, 3.8) is 0 Å². The predicted molar refractivity (Wildman–Crippen MR) is 143 cm³/mol. The summed E-state index contributed by atoms with van der Waals surface area (Å²) in [5.74, 6) is 1.22. The first-order chi connectivity index (χ1) is 18.4. The van der Waals surface area contributed by atoms with Gasteiger partial charge < -0.3 is 29.3 Å². The number of morpholine rings is 1. The number of amides is 2. The van der Waals surface area contributed by atoms with E-state index in [0.29, 0.717) is 54.8 Å². The van der Waals surface area contributed by atoms with Crippen molar-refractivity contribution < 1.29 is 23.4 Å². The van der Waals surface area contributed by atoms with E-state index < -0.39 is 5.82 Å². The number of urea groups is 1. The Balaban J connectivity index is 1.28. The SMILES string of the molecule is COc1cc2ncnc(Nc3ccc(F)c(Cl)c3)c2cc1O[C@H]1CC[C@@H](N(C)C(=O)N2CCOCC2)CC1. The van der Waals surface area contributed by atoms with E-state index in [4.69, 9.17) is 25.8 Å². The summed E-state index contributed by atoms with van der Waals surface area (Å²) in [7, 11) is 3.48. The molecule has 5 rings (SSSR count). The molecule has 1 saturated carbocycles. The summed E-state index contributed by atoms with van der Waals surface area (Å²) in [6, 6.07) is 8.32. The summed E-state index contributed by atoms with van der Waals surface area (Å²) in [5, 5.41) is 3.94. The highest BCUT2D eigenvalue weighted by Crippen LogP contribution is 2.37. The molecule has 1 saturated heterocycles. The molecule has 2 aliphatic rings. The summed E-state index contributed by atoms with van der Waals surface area (Å²) >= 11 is 5.94. The zero-order chi connectivity index (χ0) is 26.6. The van der Waals surface area contributed by atoms with E-state index in [1.807, 2.05) is 29.0 Å². The number of halogens is 2. The highest BCUT2D eigenvalue weighted by molar-refractivity contribution is 6.31. The van der Waals surface area contributed by atoms with E-state index in [1.165, 1.54) is 18.5 Å². The summed E-state index contributed by atoms with van der Waals surface area (Å²) < 4.78 is 31.0. The molecule has 0 unspecified atom stereocenters. The molecule has 1 aliphatic carbocycles. The Labute approximate surface area is 225 Å². The summed E-state index contributed by atoms with van der Waals surface area (Å²) in [5.41, 5.74) is 1.27. The van der Waals surface area contributed by atoms with Crippen LogP contribution in [0.15, 0.2) is 36.7 Å². The lowest BCUT2D eigenvalue weighted by Crippen LogP contribution is -2.51. The van der Waals surface area contributed by atoms with E-state index in [-0.39, 0.29) is 23.2 Å². The molecule has 9 nitrogen and oxygen atoms in total. The maximum atomic E-state index is 13.6. The zero-order valence-electron chi connectivity index (χ0n) is 21.5. The van der Waals surface area contributed by atoms with Gasteiger partial charge in [-0.25, -0.2) is 19.2 Å². The predicted octanol–water partition coefficient (Wildman–Crippen LogP) is 5.25. The van der Waals surface area contributed by atoms with Crippen LogP contribution in [0.3, 0.4) is 0 Å². The lowest BCUT2D eigenvalue weighted by Gasteiger charge is -2.38. The van der Waals surface area contributed by atoms with Crippen molar-refractivity contribution in [3.05, 3.63) is 47.5 Å². The summed E-state index contributed by atoms with van der Waals surface area (Å²) in [6.45, 7) is 2.46. The van der Waals surface area contributed by atoms with Gasteiger partial charge in [-0.1, -0.05) is 11.6 Å². The number of hydrogen-bond donors (Lipinski definition) is 1. The molecule has 38 heavy (non-hydrogen) atoms. The van der Waals surface area contributed by atoms with Gasteiger partial charge in [0.1, 0.15) is 18.0 Å². The molecule has 2 aromatic carbocycles. The number of anilines is 2. The molecule has 2 amide bonds. The highest BCUT2D eigenvalue weighted by Gasteiger charge is 2.30. The number of aromatic nitrogens is 2. The fraction of sp³-hybridized carbons (Fsp3) is 0.444. The van der Waals surface area contributed by atoms with Crippen molar-refractivity contribution in [1.29, 1.82) is 0 Å². The Hall–Kier alpha value is -3.37. The first kappa shape index (κ1) is 26.2. The number of carbonyl (C=O) groups is 1. The van der Waals surface area contributed by atoms with Gasteiger partial charge in [0.15, 0.2) is 11.5 Å². The van der Waals surface area contributed by atoms with Crippen molar-refractivity contribution in [2.75, 3.05) is 45.8 Å². The van der Waals surface area contributed by atoms with Crippen molar-refractivity contribution in [2.24, 2.45) is 0 Å². The van der Waals surface area contributed by atoms with E-state index in [9.17, 15) is 9.18 Å². The molecule has 2 heterocycles. The number of methoxy groups -OCH3 is 1. The number of carbonyl (C=O) groups excluding carboxylic acids is 1. The fourth-order valence-corrected chi connectivity index (χ4v) is 5.17. The molecule has 202 valence electrons. The van der Waals surface area contributed by atoms with Crippen molar-refractivity contribution in [2.45, 2.75) is 37.8 Å². The Morgan fingerprint density at radius 1 is 1.13 bits per heavy atom. The molecule has 1 aliphatic heterocycles. The molecule has 1 N–H and O–H groups in total. The quantitative estimate of drug-likeness (QED) is 0.454. The van der Waals surface area contributed by atoms with E-state index >= 15 is 0 Å². The van der Waals surface area contributed by atoms with Crippen LogP contribution in [0.2, 0.25) is 5.02 Å². The number of nitrogens with one attached hydrogen (secondary N) is 1. The second kappa shape index (κ2) is 11.6. The smallest absolute Gasteiger partial charge is 0.320 e. The van der Waals surface area contributed by atoms with Gasteiger partial charge in [0.05, 0.1) is 37.0 Å². The van der Waals surface area contributed by atoms with Gasteiger partial charge in [-0.3, -0.25) is 0 Å². The molecule has 3 aromatic rings. The zero-order valence-corrected chi connectivity index (χ0v) is 22.2. The van der Waals surface area contributed by atoms with Gasteiger partial charge in [0, 0.05) is 43.3 Å². The summed E-state index contributed by atoms with van der Waals surface area (Å²) in [4.78, 5) is 25.4. The first-order valence-electron chi connectivity index (χ1n) is 12.7. The van der Waals surface area contributed by atoms with Gasteiger partial charge >= 0.3 is 6.03 Å². The van der Waals surface area contributed by atoms with Crippen LogP contribution in [-0.2, 0) is 4.74 Å². The maximum absolute atomic E-state index is 13.6. The average molecular weight is 544 g/mol. The first-order valence-corrected chi connectivity index (χ1v) is 13.1. The lowest BCUT2D eigenvalue weighted by molar-refractivity contribution is 0.0369. The minimum absolute atomic E-state index is 0.0126. The van der Waals surface area contributed by atoms with Crippen LogP contribution in [0, 0.1) is 5.82 Å². The van der Waals surface area contributed by atoms with E-state index in [0.717, 1.165) is 31.1 Å². The Morgan fingerprint density at radius 3 is 2.61 bits per heavy atom. The summed E-state index contributed by atoms with van der Waals surface area (Å²) in [6.07, 6.45) is 4.78. The molecule has 0 atom stereocenters. The Bertz CT molecular complexity index is 1300. The third kappa shape index (κ3) is 5.71. The molecule has 0 spiro atoms. The minimum atomic E-state index is -0.489. The third-order valence-electron chi connectivity index (χ3n) is 7.17. The molecule has 11 heteroatoms. The molecule has 0 bridgehead atoms. The Morgan fingerprint density at radius 2 is 1.89 bits per heavy atom. The Kier molecular flexibility index (Phi) is 7.99. The van der Waals surface area contributed by atoms with Crippen molar-refractivity contribution in [1.82, 2.24) is 19.8 Å². The number of hydrogen-bond acceptors (Lipinski definition) is 7. The highest BCUT2D eigenvalue weighted by atomic mass is 35.5. The van der Waals surface area contributed by atoms with Gasteiger partial charge in [0.25, 0.3) is 0 Å². The molecular weight excluding hydrogens is 513 g/mol. The molecular formula is C27H31ClFN5O4. The van der Waals surface area contributed by atoms with Crippen LogP contribution >= 0.6 is 11.6 Å². The second-order valence-corrected chi connectivity index (χ2v) is 9.94. The van der Waals surface area contributed by atoms with Crippen LogP contribution in [0.5, 0.6) is 11.5 Å². The van der Waals surface area contributed by atoms with Crippen molar-refractivity contribution in [3.8, 4) is 11.5 Å². The van der Waals surface area contributed by atoms with Gasteiger partial charge in [0.2, 0.25) is 0 Å². The van der Waals surface area contributed by atoms with Crippen molar-refractivity contribution >= 4 is 40.0 Å². The molecule has 1 aromatic heterocycles. The van der Waals surface area contributed by atoms with Crippen LogP contribution < -0.4 is 14.8 Å². The van der Waals surface area contributed by atoms with E-state index in [1.54, 1.807) is 13.2 Å². The minimum Gasteiger partial charge on any atom is -0.493 e. The van der Waals surface area contributed by atoms with Gasteiger partial charge in [-0.2, -0.15) is 0 Å². The standard InChI is InChI=1S/C27H31ClFN5O4/c1-33(27(35)34-9-11-37-12-10-34)18-4-6-19(7-5-18)38-25-14-20-23(15-24(25)36-2)30-16-31-26(20)32-17-3-8-22(29)21(28)13-17/h3,8,13-16,18-19H,4-7,9-12H2,1-2H3,(H,30,31,32)/t18-,19+. The lowest BCUT2D eigenvalue weighted by atomic mass is 9.92. The number of fused-ring (bicyclic) bond motifs is 1. The number of nitrogens with zero attached hydrogens (tertiary/aromatic N) is 4. The fourth-order valence-electron chi connectivity index (χ4n) is 4.99. The largest absolute Gasteiger partial charge is 0.493 e. The van der Waals surface area contributed by atoms with Crippen LogP contribution in [0.1, 0.15) is 25.7 Å². The van der Waals surface area contributed by atoms with Gasteiger partial charge in [-0.05, 0) is 49.9 Å². The van der Waals surface area contributed by atoms with Gasteiger partial charge in [-0.15, -0.1) is 0 Å². The number of benzene rings is 2. The number of rotatable bonds is 6. The van der Waals surface area contributed by atoms with Crippen LogP contribution in [0.4, 0.5) is 20.7 Å². The number of ether oxygens (including phenoxy) is 3. The molecule has 0 radical (unpaired) electrons. The maximum Gasteiger partial charge on any atom is 0.320 e.